The average molecular weight is 312 g/mol. The fourth-order valence-electron chi connectivity index (χ4n) is 3.18. The highest BCUT2D eigenvalue weighted by Gasteiger charge is 2.18. The van der Waals surface area contributed by atoms with E-state index in [1.54, 1.807) is 0 Å². The number of nitrogens with one attached hydrogen (secondary N) is 2. The number of allylic oxidation sites excluding steroid dienone is 2. The first-order valence-corrected chi connectivity index (χ1v) is 8.42. The van der Waals surface area contributed by atoms with Crippen LogP contribution in [-0.2, 0) is 6.42 Å². The summed E-state index contributed by atoms with van der Waals surface area (Å²) in [5, 5.41) is 4.52. The van der Waals surface area contributed by atoms with Crippen LogP contribution in [0.4, 0.5) is 10.1 Å². The molecule has 1 aromatic carbocycles. The summed E-state index contributed by atoms with van der Waals surface area (Å²) in [7, 11) is 0. The Labute approximate surface area is 137 Å². The second kappa shape index (κ2) is 6.61. The summed E-state index contributed by atoms with van der Waals surface area (Å²) in [6.07, 6.45) is 7.53. The van der Waals surface area contributed by atoms with E-state index in [1.165, 1.54) is 36.6 Å². The zero-order valence-corrected chi connectivity index (χ0v) is 13.8. The lowest BCUT2D eigenvalue weighted by Crippen LogP contribution is -2.13. The molecule has 122 valence electrons. The number of halogens is 1. The highest BCUT2D eigenvalue weighted by atomic mass is 19.1. The zero-order chi connectivity index (χ0) is 16.4. The molecule has 2 aromatic rings. The number of fused-ring (bicyclic) bond motifs is 1. The van der Waals surface area contributed by atoms with Gasteiger partial charge < -0.3 is 10.3 Å². The maximum Gasteiger partial charge on any atom is 0.0934 e. The van der Waals surface area contributed by atoms with Crippen LogP contribution in [0.25, 0.3) is 10.9 Å². The largest absolute Gasteiger partial charge is 0.359 e. The third-order valence-corrected chi connectivity index (χ3v) is 4.91. The fourth-order valence-corrected chi connectivity index (χ4v) is 3.18. The van der Waals surface area contributed by atoms with Crippen LogP contribution in [0.3, 0.4) is 0 Å². The molecule has 3 rings (SSSR count). The molecule has 0 spiro atoms. The summed E-state index contributed by atoms with van der Waals surface area (Å²) in [5.41, 5.74) is 4.33. The van der Waals surface area contributed by atoms with Crippen molar-refractivity contribution in [3.63, 3.8) is 0 Å². The van der Waals surface area contributed by atoms with Gasteiger partial charge in [-0.25, -0.2) is 4.39 Å². The van der Waals surface area contributed by atoms with Gasteiger partial charge in [-0.2, -0.15) is 0 Å². The van der Waals surface area contributed by atoms with E-state index in [0.717, 1.165) is 22.8 Å². The Morgan fingerprint density at radius 3 is 2.83 bits per heavy atom. The Bertz CT molecular complexity index is 724. The molecular weight excluding hydrogens is 287 g/mol. The van der Waals surface area contributed by atoms with Gasteiger partial charge in [-0.05, 0) is 30.0 Å². The van der Waals surface area contributed by atoms with E-state index in [1.807, 2.05) is 13.1 Å². The maximum absolute atomic E-state index is 13.0. The molecule has 1 unspecified atom stereocenters. The fraction of sp³-hybridized carbons (Fsp3) is 0.400. The molecule has 1 aliphatic rings. The first-order chi connectivity index (χ1) is 11.0. The van der Waals surface area contributed by atoms with Crippen LogP contribution in [0.1, 0.15) is 38.2 Å². The number of anilines is 1. The van der Waals surface area contributed by atoms with Crippen molar-refractivity contribution in [2.75, 3.05) is 5.32 Å². The second-order valence-corrected chi connectivity index (χ2v) is 6.86. The number of hydrogen-bond acceptors (Lipinski definition) is 1. The minimum absolute atomic E-state index is 0.00982. The molecule has 23 heavy (non-hydrogen) atoms. The average Bonchev–Trinajstić information content (AvgIpc) is 2.85. The summed E-state index contributed by atoms with van der Waals surface area (Å²) in [6, 6.07) is 6.62. The first-order valence-electron chi connectivity index (χ1n) is 8.42. The monoisotopic (exact) mass is 312 g/mol. The van der Waals surface area contributed by atoms with Gasteiger partial charge >= 0.3 is 0 Å². The van der Waals surface area contributed by atoms with E-state index in [4.69, 9.17) is 0 Å². The highest BCUT2D eigenvalue weighted by Crippen LogP contribution is 2.32. The minimum atomic E-state index is -0.304. The van der Waals surface area contributed by atoms with Gasteiger partial charge in [-0.1, -0.05) is 45.4 Å². The smallest absolute Gasteiger partial charge is 0.0934 e. The van der Waals surface area contributed by atoms with Crippen LogP contribution in [0.5, 0.6) is 0 Å². The second-order valence-electron chi connectivity index (χ2n) is 6.86. The van der Waals surface area contributed by atoms with Gasteiger partial charge in [0.1, 0.15) is 0 Å². The predicted octanol–water partition coefficient (Wildman–Crippen LogP) is 5.95. The summed E-state index contributed by atoms with van der Waals surface area (Å²) < 4.78 is 13.0. The molecule has 0 bridgehead atoms. The standard InChI is InChI=1S/C20H25FN2/c1-13(9-14(2)21)15(3)23-20-12-22-19-8-7-17(11-18(19)20)10-16-5-4-6-16/h7-8,11-13,16,22-23H,2-6,9-10H2,1H3. The van der Waals surface area contributed by atoms with Crippen molar-refractivity contribution in [2.45, 2.75) is 39.0 Å². The zero-order valence-electron chi connectivity index (χ0n) is 13.8. The molecule has 2 N–H and O–H groups in total. The Kier molecular flexibility index (Phi) is 4.56. The van der Waals surface area contributed by atoms with Crippen molar-refractivity contribution >= 4 is 16.6 Å². The molecule has 1 heterocycles. The normalized spacial score (nSPS) is 16.1. The lowest BCUT2D eigenvalue weighted by atomic mass is 9.81. The molecule has 1 atom stereocenters. The SMILES string of the molecule is C=C(F)CC(C)C(=C)Nc1c[nH]c2ccc(CC3CCC3)cc12. The quantitative estimate of drug-likeness (QED) is 0.650. The predicted molar refractivity (Wildman–Crippen MR) is 96.1 cm³/mol. The Morgan fingerprint density at radius 2 is 2.17 bits per heavy atom. The molecule has 1 saturated carbocycles. The van der Waals surface area contributed by atoms with Crippen LogP contribution in [0, 0.1) is 11.8 Å². The van der Waals surface area contributed by atoms with Crippen molar-refractivity contribution in [3.8, 4) is 0 Å². The van der Waals surface area contributed by atoms with Gasteiger partial charge in [0.25, 0.3) is 0 Å². The number of aromatic nitrogens is 1. The number of hydrogen-bond donors (Lipinski definition) is 2. The third-order valence-electron chi connectivity index (χ3n) is 4.91. The summed E-state index contributed by atoms with van der Waals surface area (Å²) >= 11 is 0. The van der Waals surface area contributed by atoms with Crippen molar-refractivity contribution in [2.24, 2.45) is 11.8 Å². The molecule has 0 aliphatic heterocycles. The van der Waals surface area contributed by atoms with Crippen molar-refractivity contribution in [3.05, 3.63) is 54.6 Å². The van der Waals surface area contributed by atoms with E-state index in [0.29, 0.717) is 6.42 Å². The molecule has 1 aromatic heterocycles. The van der Waals surface area contributed by atoms with Gasteiger partial charge in [-0.3, -0.25) is 0 Å². The Balaban J connectivity index is 1.75. The van der Waals surface area contributed by atoms with Crippen LogP contribution in [0.15, 0.2) is 49.1 Å². The Morgan fingerprint density at radius 1 is 1.39 bits per heavy atom. The van der Waals surface area contributed by atoms with Gasteiger partial charge in [0.2, 0.25) is 0 Å². The third kappa shape index (κ3) is 3.66. The number of H-pyrrole nitrogens is 1. The summed E-state index contributed by atoms with van der Waals surface area (Å²) in [4.78, 5) is 3.29. The topological polar surface area (TPSA) is 27.8 Å². The van der Waals surface area contributed by atoms with E-state index in [2.05, 4.69) is 41.7 Å². The maximum atomic E-state index is 13.0. The van der Waals surface area contributed by atoms with E-state index in [-0.39, 0.29) is 11.7 Å². The minimum Gasteiger partial charge on any atom is -0.359 e. The van der Waals surface area contributed by atoms with Crippen molar-refractivity contribution in [1.82, 2.24) is 4.98 Å². The van der Waals surface area contributed by atoms with Gasteiger partial charge in [0, 0.05) is 35.1 Å². The van der Waals surface area contributed by atoms with Crippen LogP contribution < -0.4 is 5.32 Å². The molecule has 1 fully saturated rings. The number of aromatic amines is 1. The summed E-state index contributed by atoms with van der Waals surface area (Å²) in [6.45, 7) is 9.34. The van der Waals surface area contributed by atoms with Gasteiger partial charge in [-0.15, -0.1) is 0 Å². The molecular formula is C20H25FN2. The van der Waals surface area contributed by atoms with Crippen LogP contribution >= 0.6 is 0 Å². The molecule has 0 radical (unpaired) electrons. The van der Waals surface area contributed by atoms with E-state index < -0.39 is 0 Å². The van der Waals surface area contributed by atoms with E-state index in [9.17, 15) is 4.39 Å². The molecule has 2 nitrogen and oxygen atoms in total. The molecule has 0 amide bonds. The lowest BCUT2D eigenvalue weighted by Gasteiger charge is -2.25. The molecule has 3 heteroatoms. The van der Waals surface area contributed by atoms with Crippen LogP contribution in [0.2, 0.25) is 0 Å². The lowest BCUT2D eigenvalue weighted by molar-refractivity contribution is 0.314. The first kappa shape index (κ1) is 15.9. The number of benzene rings is 1. The van der Waals surface area contributed by atoms with Gasteiger partial charge in [0.05, 0.1) is 11.5 Å². The van der Waals surface area contributed by atoms with Crippen LogP contribution in [-0.4, -0.2) is 4.98 Å². The molecule has 0 saturated heterocycles. The van der Waals surface area contributed by atoms with Crippen molar-refractivity contribution in [1.29, 1.82) is 0 Å². The van der Waals surface area contributed by atoms with Gasteiger partial charge in [0.15, 0.2) is 0 Å². The van der Waals surface area contributed by atoms with Crippen molar-refractivity contribution < 1.29 is 4.39 Å². The van der Waals surface area contributed by atoms with E-state index >= 15 is 0 Å². The number of rotatable bonds is 7. The summed E-state index contributed by atoms with van der Waals surface area (Å²) in [5.74, 6) is 0.561. The molecule has 1 aliphatic carbocycles. The highest BCUT2D eigenvalue weighted by molar-refractivity contribution is 5.93. The Hall–Kier alpha value is -2.03.